The summed E-state index contributed by atoms with van der Waals surface area (Å²) in [6, 6.07) is 0. The zero-order chi connectivity index (χ0) is 11.4. The molecule has 0 saturated heterocycles. The zero-order valence-electron chi connectivity index (χ0n) is 8.93. The van der Waals surface area contributed by atoms with E-state index in [1.165, 1.54) is 0 Å². The van der Waals surface area contributed by atoms with Gasteiger partial charge >= 0.3 is 0 Å². The Morgan fingerprint density at radius 3 is 3.12 bits per heavy atom. The van der Waals surface area contributed by atoms with Crippen molar-refractivity contribution in [1.82, 2.24) is 19.9 Å². The molecule has 0 aliphatic heterocycles. The lowest BCUT2D eigenvalue weighted by molar-refractivity contribution is 0.160. The zero-order valence-corrected chi connectivity index (χ0v) is 8.93. The number of hydrogen-bond donors (Lipinski definition) is 3. The summed E-state index contributed by atoms with van der Waals surface area (Å²) in [5, 5.41) is 9.69. The molecule has 0 amide bonds. The van der Waals surface area contributed by atoms with Gasteiger partial charge in [-0.25, -0.2) is 15.0 Å². The predicted molar refractivity (Wildman–Crippen MR) is 59.7 cm³/mol. The topological polar surface area (TPSA) is 101 Å². The molecule has 0 aliphatic carbocycles. The van der Waals surface area contributed by atoms with Crippen molar-refractivity contribution in [3.8, 4) is 0 Å². The van der Waals surface area contributed by atoms with Crippen molar-refractivity contribution in [3.63, 3.8) is 0 Å². The Bertz CT molecular complexity index is 455. The van der Waals surface area contributed by atoms with Gasteiger partial charge in [0.25, 0.3) is 0 Å². The third kappa shape index (κ3) is 2.53. The molecular formula is C10H15N5O. The van der Waals surface area contributed by atoms with Gasteiger partial charge in [0.05, 0.1) is 18.6 Å². The molecule has 0 radical (unpaired) electrons. The first-order valence-electron chi connectivity index (χ1n) is 5.32. The van der Waals surface area contributed by atoms with Gasteiger partial charge in [0.1, 0.15) is 11.3 Å². The van der Waals surface area contributed by atoms with Gasteiger partial charge in [0, 0.05) is 6.42 Å². The van der Waals surface area contributed by atoms with E-state index in [0.29, 0.717) is 30.9 Å². The number of nitrogens with one attached hydrogen (secondary N) is 1. The lowest BCUT2D eigenvalue weighted by atomic mass is 10.1. The summed E-state index contributed by atoms with van der Waals surface area (Å²) in [7, 11) is 0. The minimum atomic E-state index is -0.431. The third-order valence-corrected chi connectivity index (χ3v) is 2.39. The van der Waals surface area contributed by atoms with Crippen molar-refractivity contribution >= 4 is 11.2 Å². The van der Waals surface area contributed by atoms with E-state index in [4.69, 9.17) is 5.73 Å². The van der Waals surface area contributed by atoms with Gasteiger partial charge < -0.3 is 15.8 Å². The summed E-state index contributed by atoms with van der Waals surface area (Å²) in [5.74, 6) is 0.615. The largest absolute Gasteiger partial charge is 0.393 e. The van der Waals surface area contributed by atoms with Gasteiger partial charge in [-0.1, -0.05) is 0 Å². The summed E-state index contributed by atoms with van der Waals surface area (Å²) in [6.07, 6.45) is 4.77. The fraction of sp³-hybridized carbons (Fsp3) is 0.500. The maximum absolute atomic E-state index is 9.69. The van der Waals surface area contributed by atoms with Crippen molar-refractivity contribution in [2.75, 3.05) is 6.54 Å². The highest BCUT2D eigenvalue weighted by molar-refractivity contribution is 5.68. The Balaban J connectivity index is 2.03. The number of imidazole rings is 1. The first-order valence-corrected chi connectivity index (χ1v) is 5.32. The Hall–Kier alpha value is -1.53. The summed E-state index contributed by atoms with van der Waals surface area (Å²) >= 11 is 0. The lowest BCUT2D eigenvalue weighted by Crippen LogP contribution is -2.14. The molecule has 0 fully saturated rings. The molecule has 1 unspecified atom stereocenters. The first kappa shape index (κ1) is 11.0. The summed E-state index contributed by atoms with van der Waals surface area (Å²) in [4.78, 5) is 15.4. The number of rotatable bonds is 5. The van der Waals surface area contributed by atoms with Crippen LogP contribution in [0.3, 0.4) is 0 Å². The van der Waals surface area contributed by atoms with Gasteiger partial charge in [0.15, 0.2) is 5.65 Å². The van der Waals surface area contributed by atoms with Gasteiger partial charge in [-0.2, -0.15) is 0 Å². The number of aliphatic hydroxyl groups is 1. The van der Waals surface area contributed by atoms with Crippen LogP contribution in [-0.4, -0.2) is 37.7 Å². The fourth-order valence-corrected chi connectivity index (χ4v) is 1.54. The number of aliphatic hydroxyl groups excluding tert-OH is 1. The normalized spacial score (nSPS) is 13.1. The summed E-state index contributed by atoms with van der Waals surface area (Å²) in [5.41, 5.74) is 6.82. The smallest absolute Gasteiger partial charge is 0.180 e. The number of H-pyrrole nitrogens is 1. The van der Waals surface area contributed by atoms with E-state index < -0.39 is 6.10 Å². The van der Waals surface area contributed by atoms with E-state index >= 15 is 0 Å². The van der Waals surface area contributed by atoms with Crippen LogP contribution >= 0.6 is 0 Å². The van der Waals surface area contributed by atoms with Crippen LogP contribution in [0.4, 0.5) is 0 Å². The SMILES string of the molecule is NCCCC(O)Cc1ncc2[nH]cnc2n1. The van der Waals surface area contributed by atoms with E-state index in [2.05, 4.69) is 19.9 Å². The molecule has 2 heterocycles. The van der Waals surface area contributed by atoms with Crippen LogP contribution in [0.1, 0.15) is 18.7 Å². The number of fused-ring (bicyclic) bond motifs is 1. The number of aromatic amines is 1. The standard InChI is InChI=1S/C10H15N5O/c11-3-1-2-7(16)4-9-12-5-8-10(15-9)14-6-13-8/h5-7,16H,1-4,11H2,(H,12,13,14,15). The highest BCUT2D eigenvalue weighted by atomic mass is 16.3. The van der Waals surface area contributed by atoms with Crippen LogP contribution in [0.15, 0.2) is 12.5 Å². The van der Waals surface area contributed by atoms with Crippen LogP contribution in [0.5, 0.6) is 0 Å². The maximum atomic E-state index is 9.69. The van der Waals surface area contributed by atoms with Crippen molar-refractivity contribution in [2.24, 2.45) is 5.73 Å². The molecule has 2 aromatic rings. The second kappa shape index (κ2) is 5.00. The van der Waals surface area contributed by atoms with Crippen LogP contribution in [0.2, 0.25) is 0 Å². The molecule has 86 valence electrons. The Morgan fingerprint density at radius 2 is 2.31 bits per heavy atom. The quantitative estimate of drug-likeness (QED) is 0.659. The highest BCUT2D eigenvalue weighted by Crippen LogP contribution is 2.07. The van der Waals surface area contributed by atoms with E-state index in [9.17, 15) is 5.11 Å². The third-order valence-electron chi connectivity index (χ3n) is 2.39. The average Bonchev–Trinajstić information content (AvgIpc) is 2.73. The summed E-state index contributed by atoms with van der Waals surface area (Å²) in [6.45, 7) is 0.594. The van der Waals surface area contributed by atoms with Crippen LogP contribution in [-0.2, 0) is 6.42 Å². The van der Waals surface area contributed by atoms with E-state index in [-0.39, 0.29) is 0 Å². The molecule has 0 bridgehead atoms. The van der Waals surface area contributed by atoms with E-state index in [1.807, 2.05) is 0 Å². The Labute approximate surface area is 92.9 Å². The van der Waals surface area contributed by atoms with Crippen molar-refractivity contribution in [3.05, 3.63) is 18.3 Å². The predicted octanol–water partition coefficient (Wildman–Crippen LogP) is -0.00480. The van der Waals surface area contributed by atoms with Gasteiger partial charge in [-0.15, -0.1) is 0 Å². The molecule has 0 aliphatic rings. The van der Waals surface area contributed by atoms with Crippen LogP contribution < -0.4 is 5.73 Å². The summed E-state index contributed by atoms with van der Waals surface area (Å²) < 4.78 is 0. The molecule has 16 heavy (non-hydrogen) atoms. The van der Waals surface area contributed by atoms with Gasteiger partial charge in [0.2, 0.25) is 0 Å². The second-order valence-electron chi connectivity index (χ2n) is 3.71. The fourth-order valence-electron chi connectivity index (χ4n) is 1.54. The molecular weight excluding hydrogens is 206 g/mol. The first-order chi connectivity index (χ1) is 7.79. The van der Waals surface area contributed by atoms with Crippen LogP contribution in [0.25, 0.3) is 11.2 Å². The highest BCUT2D eigenvalue weighted by Gasteiger charge is 2.08. The number of aromatic nitrogens is 4. The Kier molecular flexibility index (Phi) is 3.43. The molecule has 0 aromatic carbocycles. The lowest BCUT2D eigenvalue weighted by Gasteiger charge is -2.07. The number of nitrogens with zero attached hydrogens (tertiary/aromatic N) is 3. The average molecular weight is 221 g/mol. The number of hydrogen-bond acceptors (Lipinski definition) is 5. The van der Waals surface area contributed by atoms with Crippen LogP contribution in [0, 0.1) is 0 Å². The molecule has 2 aromatic heterocycles. The van der Waals surface area contributed by atoms with E-state index in [1.54, 1.807) is 12.5 Å². The molecule has 4 N–H and O–H groups in total. The van der Waals surface area contributed by atoms with Crippen molar-refractivity contribution in [1.29, 1.82) is 0 Å². The minimum Gasteiger partial charge on any atom is -0.393 e. The molecule has 6 nitrogen and oxygen atoms in total. The molecule has 1 atom stereocenters. The van der Waals surface area contributed by atoms with Crippen molar-refractivity contribution in [2.45, 2.75) is 25.4 Å². The van der Waals surface area contributed by atoms with E-state index in [0.717, 1.165) is 11.9 Å². The maximum Gasteiger partial charge on any atom is 0.180 e. The molecule has 2 rings (SSSR count). The second-order valence-corrected chi connectivity index (χ2v) is 3.71. The van der Waals surface area contributed by atoms with Crippen molar-refractivity contribution < 1.29 is 5.11 Å². The van der Waals surface area contributed by atoms with Gasteiger partial charge in [-0.05, 0) is 19.4 Å². The minimum absolute atomic E-state index is 0.431. The molecule has 0 saturated carbocycles. The molecule has 6 heteroatoms. The molecule has 0 spiro atoms. The monoisotopic (exact) mass is 221 g/mol. The number of nitrogens with two attached hydrogens (primary N) is 1. The van der Waals surface area contributed by atoms with Gasteiger partial charge in [-0.3, -0.25) is 0 Å². The Morgan fingerprint density at radius 1 is 1.44 bits per heavy atom.